The normalized spacial score (nSPS) is 12.9. The summed E-state index contributed by atoms with van der Waals surface area (Å²) >= 11 is 13.6. The molecule has 3 heterocycles. The van der Waals surface area contributed by atoms with Crippen LogP contribution < -0.4 is 14.2 Å². The number of rotatable bonds is 10. The monoisotopic (exact) mass is 586 g/mol. The van der Waals surface area contributed by atoms with Crippen molar-refractivity contribution in [3.8, 4) is 28.7 Å². The molecule has 0 saturated carbocycles. The second-order valence-electron chi connectivity index (χ2n) is 8.30. The number of benzene rings is 2. The number of ether oxygens (including phenoxy) is 3. The molecule has 11 nitrogen and oxygen atoms in total. The molecule has 0 aliphatic rings. The molecule has 0 amide bonds. The second kappa shape index (κ2) is 11.7. The van der Waals surface area contributed by atoms with Crippen molar-refractivity contribution in [1.29, 1.82) is 0 Å². The first-order valence-corrected chi connectivity index (χ1v) is 13.3. The minimum absolute atomic E-state index is 0.144. The minimum atomic E-state index is -0.422. The Morgan fingerprint density at radius 1 is 0.974 bits per heavy atom. The summed E-state index contributed by atoms with van der Waals surface area (Å²) in [7, 11) is 4.78. The van der Waals surface area contributed by atoms with Crippen molar-refractivity contribution in [2.24, 2.45) is 0 Å². The third-order valence-electron chi connectivity index (χ3n) is 5.94. The zero-order chi connectivity index (χ0) is 27.5. The van der Waals surface area contributed by atoms with Crippen molar-refractivity contribution < 1.29 is 14.2 Å². The number of hydrogen-bond acceptors (Lipinski definition) is 10. The fraction of sp³-hybridized carbons (Fsp3) is 0.240. The molecule has 3 aromatic heterocycles. The van der Waals surface area contributed by atoms with Gasteiger partial charge < -0.3 is 14.2 Å². The Labute approximate surface area is 238 Å². The number of H-pyrrole nitrogens is 1. The van der Waals surface area contributed by atoms with E-state index in [4.69, 9.17) is 37.4 Å². The van der Waals surface area contributed by atoms with Gasteiger partial charge in [-0.1, -0.05) is 29.3 Å². The van der Waals surface area contributed by atoms with Crippen LogP contribution >= 0.6 is 35.1 Å². The van der Waals surface area contributed by atoms with Crippen molar-refractivity contribution >= 4 is 52.0 Å². The molecule has 0 bridgehead atoms. The van der Waals surface area contributed by atoms with Crippen LogP contribution in [0.4, 0.5) is 5.95 Å². The number of aromatic nitrogens is 7. The first-order chi connectivity index (χ1) is 18.9. The van der Waals surface area contributed by atoms with E-state index >= 15 is 0 Å². The zero-order valence-electron chi connectivity index (χ0n) is 21.3. The minimum Gasteiger partial charge on any atom is -0.494 e. The third kappa shape index (κ3) is 5.33. The second-order valence-corrected chi connectivity index (χ2v) is 10.4. The van der Waals surface area contributed by atoms with Gasteiger partial charge >= 0.3 is 0 Å². The highest BCUT2D eigenvalue weighted by Crippen LogP contribution is 2.39. The molecule has 0 aliphatic heterocycles. The molecule has 0 aliphatic carbocycles. The smallest absolute Gasteiger partial charge is 0.239 e. The maximum absolute atomic E-state index is 6.31. The SMILES string of the molecule is COc1cccc(OC)c1-n1c(NSC(C)C(OC)c2ncc(Cl)cn2)nnc1-c1n[nH]c2ccc(Cl)cc12. The van der Waals surface area contributed by atoms with Gasteiger partial charge in [0.2, 0.25) is 5.95 Å². The van der Waals surface area contributed by atoms with Gasteiger partial charge in [-0.3, -0.25) is 14.4 Å². The van der Waals surface area contributed by atoms with Gasteiger partial charge in [0.1, 0.15) is 29.0 Å². The van der Waals surface area contributed by atoms with Crippen molar-refractivity contribution in [3.63, 3.8) is 0 Å². The van der Waals surface area contributed by atoms with Gasteiger partial charge in [-0.05, 0) is 49.2 Å². The summed E-state index contributed by atoms with van der Waals surface area (Å²) in [5, 5.41) is 18.2. The summed E-state index contributed by atoms with van der Waals surface area (Å²) < 4.78 is 22.2. The molecule has 5 aromatic rings. The molecule has 2 atom stereocenters. The molecular weight excluding hydrogens is 563 g/mol. The average Bonchev–Trinajstić information content (AvgIpc) is 3.56. The van der Waals surface area contributed by atoms with Crippen LogP contribution in [0.1, 0.15) is 18.9 Å². The molecule has 0 saturated heterocycles. The van der Waals surface area contributed by atoms with E-state index in [1.54, 1.807) is 32.0 Å². The van der Waals surface area contributed by atoms with Crippen LogP contribution in [0.2, 0.25) is 10.0 Å². The van der Waals surface area contributed by atoms with Crippen LogP contribution in [-0.2, 0) is 4.74 Å². The number of methoxy groups -OCH3 is 3. The molecular formula is C25H24Cl2N8O3S. The van der Waals surface area contributed by atoms with Gasteiger partial charge in [-0.25, -0.2) is 9.97 Å². The highest BCUT2D eigenvalue weighted by atomic mass is 35.5. The van der Waals surface area contributed by atoms with Crippen molar-refractivity contribution in [2.45, 2.75) is 18.3 Å². The van der Waals surface area contributed by atoms with Gasteiger partial charge in [0.05, 0.1) is 30.0 Å². The molecule has 5 rings (SSSR count). The fourth-order valence-electron chi connectivity index (χ4n) is 4.11. The van der Waals surface area contributed by atoms with Crippen LogP contribution in [0.5, 0.6) is 11.5 Å². The molecule has 0 fully saturated rings. The predicted octanol–water partition coefficient (Wildman–Crippen LogP) is 5.76. The topological polar surface area (TPSA) is 125 Å². The summed E-state index contributed by atoms with van der Waals surface area (Å²) in [6.45, 7) is 1.98. The fourth-order valence-corrected chi connectivity index (χ4v) is 5.16. The van der Waals surface area contributed by atoms with Crippen LogP contribution in [0.25, 0.3) is 28.1 Å². The Kier molecular flexibility index (Phi) is 8.07. The highest BCUT2D eigenvalue weighted by molar-refractivity contribution is 8.01. The van der Waals surface area contributed by atoms with Gasteiger partial charge in [-0.15, -0.1) is 10.2 Å². The van der Waals surface area contributed by atoms with E-state index in [1.165, 1.54) is 24.3 Å². The van der Waals surface area contributed by atoms with Crippen molar-refractivity contribution in [2.75, 3.05) is 26.1 Å². The van der Waals surface area contributed by atoms with Crippen molar-refractivity contribution in [1.82, 2.24) is 34.9 Å². The molecule has 0 radical (unpaired) electrons. The van der Waals surface area contributed by atoms with E-state index in [9.17, 15) is 0 Å². The summed E-state index contributed by atoms with van der Waals surface area (Å²) in [6, 6.07) is 11.0. The standard InChI is InChI=1S/C25H24Cl2N8O3S/c1-13(22(38-4)23-28-11-15(27)12-29-23)39-34-25-33-32-24(20-16-10-14(26)8-9-17(16)30-31-20)35(25)21-18(36-2)6-5-7-19(21)37-3/h5-13,22H,1-4H3,(H,30,31)(H,33,34). The maximum atomic E-state index is 6.31. The van der Waals surface area contributed by atoms with Crippen LogP contribution in [0.15, 0.2) is 48.8 Å². The maximum Gasteiger partial charge on any atom is 0.239 e. The first-order valence-electron chi connectivity index (χ1n) is 11.7. The highest BCUT2D eigenvalue weighted by Gasteiger charge is 2.27. The van der Waals surface area contributed by atoms with E-state index in [1.807, 2.05) is 37.3 Å². The molecule has 39 heavy (non-hydrogen) atoms. The van der Waals surface area contributed by atoms with E-state index in [0.717, 1.165) is 10.9 Å². The van der Waals surface area contributed by atoms with Gasteiger partial charge in [-0.2, -0.15) is 5.10 Å². The number of hydrogen-bond donors (Lipinski definition) is 2. The van der Waals surface area contributed by atoms with E-state index < -0.39 is 6.10 Å². The number of aromatic amines is 1. The van der Waals surface area contributed by atoms with E-state index in [0.29, 0.717) is 50.5 Å². The van der Waals surface area contributed by atoms with E-state index in [-0.39, 0.29) is 5.25 Å². The van der Waals surface area contributed by atoms with Gasteiger partial charge in [0.25, 0.3) is 0 Å². The van der Waals surface area contributed by atoms with E-state index in [2.05, 4.69) is 35.1 Å². The lowest BCUT2D eigenvalue weighted by Gasteiger charge is -2.22. The third-order valence-corrected chi connectivity index (χ3v) is 7.29. The summed E-state index contributed by atoms with van der Waals surface area (Å²) in [6.07, 6.45) is 2.66. The summed E-state index contributed by atoms with van der Waals surface area (Å²) in [5.74, 6) is 2.48. The number of halogens is 2. The van der Waals surface area contributed by atoms with Crippen LogP contribution in [0, 0.1) is 0 Å². The number of nitrogens with one attached hydrogen (secondary N) is 2. The zero-order valence-corrected chi connectivity index (χ0v) is 23.7. The molecule has 0 spiro atoms. The summed E-state index contributed by atoms with van der Waals surface area (Å²) in [4.78, 5) is 8.62. The molecule has 14 heteroatoms. The first kappa shape index (κ1) is 27.0. The average molecular weight is 587 g/mol. The number of anilines is 1. The molecule has 2 unspecified atom stereocenters. The lowest BCUT2D eigenvalue weighted by molar-refractivity contribution is 0.0972. The number of para-hydroxylation sites is 1. The quantitative estimate of drug-likeness (QED) is 0.195. The van der Waals surface area contributed by atoms with Gasteiger partial charge in [0.15, 0.2) is 11.6 Å². The Morgan fingerprint density at radius 3 is 2.36 bits per heavy atom. The number of fused-ring (bicyclic) bond motifs is 1. The Balaban J connectivity index is 1.58. The predicted molar refractivity (Wildman–Crippen MR) is 152 cm³/mol. The Bertz CT molecular complexity index is 1570. The summed E-state index contributed by atoms with van der Waals surface area (Å²) in [5.41, 5.74) is 1.96. The molecule has 202 valence electrons. The largest absolute Gasteiger partial charge is 0.494 e. The molecule has 2 N–H and O–H groups in total. The lowest BCUT2D eigenvalue weighted by Crippen LogP contribution is -2.19. The van der Waals surface area contributed by atoms with Gasteiger partial charge in [0, 0.05) is 29.9 Å². The molecule has 2 aromatic carbocycles. The number of nitrogens with zero attached hydrogens (tertiary/aromatic N) is 6. The lowest BCUT2D eigenvalue weighted by atomic mass is 10.2. The Hall–Kier alpha value is -3.58. The van der Waals surface area contributed by atoms with Crippen molar-refractivity contribution in [3.05, 3.63) is 64.7 Å². The van der Waals surface area contributed by atoms with Crippen LogP contribution in [-0.4, -0.2) is 61.5 Å². The van der Waals surface area contributed by atoms with Crippen LogP contribution in [0.3, 0.4) is 0 Å². The Morgan fingerprint density at radius 2 is 1.69 bits per heavy atom.